The van der Waals surface area contributed by atoms with Crippen molar-refractivity contribution >= 4 is 29.3 Å². The minimum atomic E-state index is -1.16. The zero-order valence-electron chi connectivity index (χ0n) is 26.6. The molecule has 4 amide bonds. The number of hydrogen-bond donors (Lipinski definition) is 3. The Labute approximate surface area is 267 Å². The monoisotopic (exact) mass is 637 g/mol. The van der Waals surface area contributed by atoms with Crippen LogP contribution in [0.4, 0.5) is 14.5 Å². The van der Waals surface area contributed by atoms with Gasteiger partial charge in [0.25, 0.3) is 5.91 Å². The molecule has 4 rings (SSSR count). The van der Waals surface area contributed by atoms with Crippen LogP contribution in [0.2, 0.25) is 0 Å². The second kappa shape index (κ2) is 15.6. The minimum Gasteiger partial charge on any atom is -0.344 e. The second-order valence-electron chi connectivity index (χ2n) is 11.4. The van der Waals surface area contributed by atoms with E-state index in [1.165, 1.54) is 53.3 Å². The average Bonchev–Trinajstić information content (AvgIpc) is 3.54. The number of halogens is 2. The lowest BCUT2D eigenvalue weighted by Crippen LogP contribution is -2.54. The van der Waals surface area contributed by atoms with Crippen LogP contribution in [-0.2, 0) is 27.3 Å². The molecule has 11 nitrogen and oxygen atoms in total. The number of carbonyl (C=O) groups is 4. The van der Waals surface area contributed by atoms with Crippen molar-refractivity contribution in [3.05, 3.63) is 83.2 Å². The molecule has 0 radical (unpaired) electrons. The van der Waals surface area contributed by atoms with Crippen molar-refractivity contribution < 1.29 is 28.0 Å². The first-order valence-corrected chi connectivity index (χ1v) is 15.4. The molecule has 3 N–H and O–H groups in total. The summed E-state index contributed by atoms with van der Waals surface area (Å²) >= 11 is 0. The number of nitrogens with zero attached hydrogens (tertiary/aromatic N) is 4. The Kier molecular flexibility index (Phi) is 11.6. The molecule has 0 spiro atoms. The van der Waals surface area contributed by atoms with E-state index in [4.69, 9.17) is 0 Å². The third kappa shape index (κ3) is 8.53. The van der Waals surface area contributed by atoms with Gasteiger partial charge >= 0.3 is 0 Å². The Bertz CT molecular complexity index is 1540. The molecule has 0 bridgehead atoms. The van der Waals surface area contributed by atoms with E-state index in [0.717, 1.165) is 0 Å². The van der Waals surface area contributed by atoms with Crippen LogP contribution in [0.5, 0.6) is 0 Å². The van der Waals surface area contributed by atoms with Crippen molar-refractivity contribution in [2.24, 2.45) is 0 Å². The van der Waals surface area contributed by atoms with Gasteiger partial charge in [0.15, 0.2) is 0 Å². The summed E-state index contributed by atoms with van der Waals surface area (Å²) in [7, 11) is 1.98. The van der Waals surface area contributed by atoms with E-state index in [1.807, 2.05) is 14.0 Å². The summed E-state index contributed by atoms with van der Waals surface area (Å²) in [4.78, 5) is 56.2. The number of aromatic nitrogens is 2. The molecule has 1 aromatic heterocycles. The molecule has 1 saturated heterocycles. The van der Waals surface area contributed by atoms with Gasteiger partial charge in [-0.05, 0) is 55.4 Å². The van der Waals surface area contributed by atoms with Gasteiger partial charge in [-0.1, -0.05) is 32.0 Å². The van der Waals surface area contributed by atoms with Crippen molar-refractivity contribution in [1.82, 2.24) is 30.2 Å². The zero-order chi connectivity index (χ0) is 33.4. The summed E-state index contributed by atoms with van der Waals surface area (Å²) in [5.74, 6) is -3.56. The Balaban J connectivity index is 1.53. The maximum absolute atomic E-state index is 15.5. The smallest absolute Gasteiger partial charge is 0.270 e. The first-order valence-electron chi connectivity index (χ1n) is 15.4. The molecule has 0 aliphatic carbocycles. The van der Waals surface area contributed by atoms with E-state index < -0.39 is 41.5 Å². The molecule has 1 aliphatic heterocycles. The number of likely N-dealkylation sites (N-methyl/N-ethyl adjacent to an activating group) is 1. The number of carbonyl (C=O) groups excluding carboxylic acids is 4. The number of hydrogen-bond acceptors (Lipinski definition) is 6. The third-order valence-electron chi connectivity index (χ3n) is 8.21. The van der Waals surface area contributed by atoms with Gasteiger partial charge < -0.3 is 25.8 Å². The highest BCUT2D eigenvalue weighted by Gasteiger charge is 2.31. The lowest BCUT2D eigenvalue weighted by Gasteiger charge is -2.34. The molecule has 1 aliphatic rings. The highest BCUT2D eigenvalue weighted by atomic mass is 19.1. The van der Waals surface area contributed by atoms with Gasteiger partial charge in [-0.25, -0.2) is 8.78 Å². The molecule has 3 aromatic rings. The molecule has 0 saturated carbocycles. The number of anilines is 1. The summed E-state index contributed by atoms with van der Waals surface area (Å²) in [5, 5.41) is 12.2. The van der Waals surface area contributed by atoms with Gasteiger partial charge in [-0.3, -0.25) is 23.9 Å². The molecule has 246 valence electrons. The normalized spacial score (nSPS) is 15.5. The van der Waals surface area contributed by atoms with Crippen LogP contribution in [0.1, 0.15) is 54.7 Å². The maximum Gasteiger partial charge on any atom is 0.270 e. The number of aryl methyl sites for hydroxylation is 1. The Hall–Kier alpha value is -4.65. The summed E-state index contributed by atoms with van der Waals surface area (Å²) in [6.07, 6.45) is 1.74. The quantitative estimate of drug-likeness (QED) is 0.280. The Morgan fingerprint density at radius 1 is 0.935 bits per heavy atom. The van der Waals surface area contributed by atoms with Crippen molar-refractivity contribution in [2.75, 3.05) is 38.5 Å². The molecule has 1 unspecified atom stereocenters. The first kappa shape index (κ1) is 34.2. The Morgan fingerprint density at radius 2 is 1.63 bits per heavy atom. The number of amides is 4. The predicted molar refractivity (Wildman–Crippen MR) is 169 cm³/mol. The van der Waals surface area contributed by atoms with E-state index in [2.05, 4.69) is 25.9 Å². The van der Waals surface area contributed by atoms with Crippen LogP contribution < -0.4 is 16.0 Å². The number of nitrogens with one attached hydrogen (secondary N) is 3. The van der Waals surface area contributed by atoms with Gasteiger partial charge in [-0.15, -0.1) is 0 Å². The highest BCUT2D eigenvalue weighted by molar-refractivity contribution is 6.01. The van der Waals surface area contributed by atoms with E-state index in [-0.39, 0.29) is 36.0 Å². The number of rotatable bonds is 12. The van der Waals surface area contributed by atoms with Gasteiger partial charge in [0.1, 0.15) is 29.4 Å². The zero-order valence-corrected chi connectivity index (χ0v) is 26.6. The van der Waals surface area contributed by atoms with Crippen LogP contribution >= 0.6 is 0 Å². The third-order valence-corrected chi connectivity index (χ3v) is 8.21. The molecule has 13 heteroatoms. The fourth-order valence-corrected chi connectivity index (χ4v) is 5.35. The maximum atomic E-state index is 15.5. The van der Waals surface area contributed by atoms with Gasteiger partial charge in [0, 0.05) is 57.7 Å². The number of benzene rings is 2. The van der Waals surface area contributed by atoms with Crippen LogP contribution in [0.25, 0.3) is 0 Å². The van der Waals surface area contributed by atoms with Crippen molar-refractivity contribution in [2.45, 2.75) is 58.2 Å². The van der Waals surface area contributed by atoms with E-state index in [9.17, 15) is 23.6 Å². The molecule has 2 heterocycles. The lowest BCUT2D eigenvalue weighted by atomic mass is 9.92. The van der Waals surface area contributed by atoms with Crippen LogP contribution in [0, 0.1) is 11.6 Å². The molecule has 46 heavy (non-hydrogen) atoms. The Morgan fingerprint density at radius 3 is 2.26 bits per heavy atom. The van der Waals surface area contributed by atoms with E-state index in [0.29, 0.717) is 43.9 Å². The van der Waals surface area contributed by atoms with Crippen LogP contribution in [0.15, 0.2) is 54.7 Å². The van der Waals surface area contributed by atoms with Gasteiger partial charge in [-0.2, -0.15) is 5.10 Å². The fourth-order valence-electron chi connectivity index (χ4n) is 5.35. The lowest BCUT2D eigenvalue weighted by molar-refractivity contribution is -0.137. The van der Waals surface area contributed by atoms with E-state index in [1.54, 1.807) is 24.8 Å². The van der Waals surface area contributed by atoms with Crippen molar-refractivity contribution in [1.29, 1.82) is 0 Å². The largest absolute Gasteiger partial charge is 0.344 e. The standard InChI is InChI=1S/C33H41F2N7O4/c1-5-29(43)37-27(33(46)41-17-15-40(4)16-18-41)20-22-7-12-26(25(35)19-22)38-32(45)30(21(3)23-8-10-24(34)11-9-23)39-31(44)28-13-14-36-42(28)6-2/h7-14,19,21,27,30H,5-6,15-18,20H2,1-4H3,(H,37,43)(H,38,45)(H,39,44)/t21-,27+,30?/m0/s1. The van der Waals surface area contributed by atoms with Gasteiger partial charge in [0.2, 0.25) is 17.7 Å². The summed E-state index contributed by atoms with van der Waals surface area (Å²) in [5.41, 5.74) is 1.17. The van der Waals surface area contributed by atoms with Gasteiger partial charge in [0.05, 0.1) is 5.69 Å². The predicted octanol–water partition coefficient (Wildman–Crippen LogP) is 2.93. The SMILES string of the molecule is CCC(=O)N[C@H](Cc1ccc(NC(=O)C(NC(=O)c2ccnn2CC)[C@@H](C)c2ccc(F)cc2)c(F)c1)C(=O)N1CCN(C)CC1. The van der Waals surface area contributed by atoms with Crippen molar-refractivity contribution in [3.8, 4) is 0 Å². The summed E-state index contributed by atoms with van der Waals surface area (Å²) in [6, 6.07) is 9.25. The van der Waals surface area contributed by atoms with Crippen LogP contribution in [0.3, 0.4) is 0 Å². The fraction of sp³-hybridized carbons (Fsp3) is 0.424. The topological polar surface area (TPSA) is 129 Å². The second-order valence-corrected chi connectivity index (χ2v) is 11.4. The summed E-state index contributed by atoms with van der Waals surface area (Å²) in [6.45, 7) is 8.14. The number of piperazine rings is 1. The molecular weight excluding hydrogens is 596 g/mol. The molecule has 2 aromatic carbocycles. The molecule has 3 atom stereocenters. The van der Waals surface area contributed by atoms with Crippen molar-refractivity contribution in [3.63, 3.8) is 0 Å². The first-order chi connectivity index (χ1) is 22.0. The van der Waals surface area contributed by atoms with Crippen LogP contribution in [-0.4, -0.2) is 88.5 Å². The van der Waals surface area contributed by atoms with E-state index >= 15 is 4.39 Å². The average molecular weight is 638 g/mol. The molecular formula is C33H41F2N7O4. The summed E-state index contributed by atoms with van der Waals surface area (Å²) < 4.78 is 30.6. The molecule has 1 fully saturated rings. The minimum absolute atomic E-state index is 0.0629. The highest BCUT2D eigenvalue weighted by Crippen LogP contribution is 2.24.